The smallest absolute Gasteiger partial charge is 0.152 e. The third-order valence-electron chi connectivity index (χ3n) is 1.84. The molecule has 0 fully saturated rings. The molecular formula is C10H15NO2S2. The third-order valence-corrected chi connectivity index (χ3v) is 4.79. The lowest BCUT2D eigenvalue weighted by Crippen LogP contribution is -2.19. The molecule has 3 nitrogen and oxygen atoms in total. The lowest BCUT2D eigenvalue weighted by molar-refractivity contribution is 0.597. The average Bonchev–Trinajstić information content (AvgIpc) is 2.19. The number of hydrogen-bond donors (Lipinski definition) is 1. The van der Waals surface area contributed by atoms with E-state index in [1.807, 2.05) is 30.3 Å². The summed E-state index contributed by atoms with van der Waals surface area (Å²) in [5.41, 5.74) is 5.21. The summed E-state index contributed by atoms with van der Waals surface area (Å²) in [7, 11) is -2.95. The van der Waals surface area contributed by atoms with Crippen LogP contribution in [0.2, 0.25) is 0 Å². The van der Waals surface area contributed by atoms with Gasteiger partial charge >= 0.3 is 0 Å². The lowest BCUT2D eigenvalue weighted by atomic mass is 10.4. The maximum Gasteiger partial charge on any atom is 0.152 e. The Balaban J connectivity index is 2.34. The Kier molecular flexibility index (Phi) is 5.14. The second kappa shape index (κ2) is 6.15. The molecule has 0 atom stereocenters. The van der Waals surface area contributed by atoms with Gasteiger partial charge in [-0.2, -0.15) is 0 Å². The number of hydrogen-bond acceptors (Lipinski definition) is 4. The fraction of sp³-hybridized carbons (Fsp3) is 0.400. The maximum atomic E-state index is 11.3. The van der Waals surface area contributed by atoms with Gasteiger partial charge in [-0.25, -0.2) is 8.42 Å². The Labute approximate surface area is 95.0 Å². The first-order valence-electron chi connectivity index (χ1n) is 4.72. The molecule has 84 valence electrons. The standard InChI is InChI=1S/C10H15NO2S2/c11-6-8-15(12,13)9-7-14-10-4-2-1-3-5-10/h1-5H,6-9,11H2. The summed E-state index contributed by atoms with van der Waals surface area (Å²) in [6.45, 7) is 0.207. The summed E-state index contributed by atoms with van der Waals surface area (Å²) in [5, 5.41) is 0. The molecule has 1 aromatic carbocycles. The highest BCUT2D eigenvalue weighted by Gasteiger charge is 2.08. The van der Waals surface area contributed by atoms with Crippen LogP contribution in [0.3, 0.4) is 0 Å². The molecule has 0 aliphatic rings. The quantitative estimate of drug-likeness (QED) is 0.764. The summed E-state index contributed by atoms with van der Waals surface area (Å²) < 4.78 is 22.7. The molecule has 5 heteroatoms. The molecule has 1 aromatic rings. The van der Waals surface area contributed by atoms with E-state index in [1.165, 1.54) is 0 Å². The zero-order valence-electron chi connectivity index (χ0n) is 8.43. The normalized spacial score (nSPS) is 11.5. The lowest BCUT2D eigenvalue weighted by Gasteiger charge is -2.02. The van der Waals surface area contributed by atoms with E-state index in [1.54, 1.807) is 11.8 Å². The van der Waals surface area contributed by atoms with Crippen molar-refractivity contribution in [2.24, 2.45) is 5.73 Å². The SMILES string of the molecule is NCCS(=O)(=O)CCSc1ccccc1. The minimum absolute atomic E-state index is 0.0857. The fourth-order valence-electron chi connectivity index (χ4n) is 1.08. The van der Waals surface area contributed by atoms with Crippen molar-refractivity contribution in [1.82, 2.24) is 0 Å². The van der Waals surface area contributed by atoms with Crippen LogP contribution in [0, 0.1) is 0 Å². The molecule has 0 saturated heterocycles. The Hall–Kier alpha value is -0.520. The predicted octanol–water partition coefficient (Wildman–Crippen LogP) is 1.15. The van der Waals surface area contributed by atoms with Crippen LogP contribution < -0.4 is 5.73 Å². The number of rotatable bonds is 6. The minimum atomic E-state index is -2.95. The van der Waals surface area contributed by atoms with Gasteiger partial charge in [-0.05, 0) is 12.1 Å². The highest BCUT2D eigenvalue weighted by atomic mass is 32.2. The van der Waals surface area contributed by atoms with Gasteiger partial charge in [-0.3, -0.25) is 0 Å². The van der Waals surface area contributed by atoms with Crippen LogP contribution in [0.15, 0.2) is 35.2 Å². The minimum Gasteiger partial charge on any atom is -0.329 e. The van der Waals surface area contributed by atoms with Crippen molar-refractivity contribution in [3.05, 3.63) is 30.3 Å². The number of benzene rings is 1. The molecule has 0 spiro atoms. The van der Waals surface area contributed by atoms with Crippen molar-refractivity contribution in [2.75, 3.05) is 23.8 Å². The maximum absolute atomic E-state index is 11.3. The van der Waals surface area contributed by atoms with Gasteiger partial charge in [-0.15, -0.1) is 11.8 Å². The van der Waals surface area contributed by atoms with Gasteiger partial charge in [0.15, 0.2) is 9.84 Å². The molecule has 0 aliphatic carbocycles. The van der Waals surface area contributed by atoms with E-state index in [0.717, 1.165) is 4.90 Å². The molecule has 15 heavy (non-hydrogen) atoms. The average molecular weight is 245 g/mol. The summed E-state index contributed by atoms with van der Waals surface area (Å²) >= 11 is 1.55. The van der Waals surface area contributed by atoms with Crippen LogP contribution in [0.25, 0.3) is 0 Å². The summed E-state index contributed by atoms with van der Waals surface area (Å²) in [6, 6.07) is 9.77. The first-order chi connectivity index (χ1) is 7.14. The first kappa shape index (κ1) is 12.5. The third kappa shape index (κ3) is 5.20. The van der Waals surface area contributed by atoms with Crippen LogP contribution in [0.4, 0.5) is 0 Å². The Bertz CT molecular complexity index is 376. The summed E-state index contributed by atoms with van der Waals surface area (Å²) in [4.78, 5) is 1.10. The number of sulfone groups is 1. The molecule has 0 unspecified atom stereocenters. The Morgan fingerprint density at radius 1 is 1.13 bits per heavy atom. The molecule has 0 amide bonds. The van der Waals surface area contributed by atoms with Gasteiger partial charge in [0.2, 0.25) is 0 Å². The van der Waals surface area contributed by atoms with E-state index in [2.05, 4.69) is 0 Å². The van der Waals surface area contributed by atoms with Gasteiger partial charge in [0.1, 0.15) is 0 Å². The molecular weight excluding hydrogens is 230 g/mol. The van der Waals surface area contributed by atoms with Crippen molar-refractivity contribution in [2.45, 2.75) is 4.90 Å². The van der Waals surface area contributed by atoms with Crippen LogP contribution in [0.1, 0.15) is 0 Å². The van der Waals surface area contributed by atoms with Gasteiger partial charge in [-0.1, -0.05) is 18.2 Å². The van der Waals surface area contributed by atoms with Gasteiger partial charge in [0.25, 0.3) is 0 Å². The fourth-order valence-corrected chi connectivity index (χ4v) is 3.58. The topological polar surface area (TPSA) is 60.2 Å². The molecule has 0 aromatic heterocycles. The van der Waals surface area contributed by atoms with Crippen molar-refractivity contribution in [1.29, 1.82) is 0 Å². The summed E-state index contributed by atoms with van der Waals surface area (Å²) in [5.74, 6) is 0.873. The number of nitrogens with two attached hydrogens (primary N) is 1. The van der Waals surface area contributed by atoms with Gasteiger partial charge < -0.3 is 5.73 Å². The molecule has 0 radical (unpaired) electrons. The van der Waals surface area contributed by atoms with Crippen molar-refractivity contribution >= 4 is 21.6 Å². The summed E-state index contributed by atoms with van der Waals surface area (Å²) in [6.07, 6.45) is 0. The molecule has 0 heterocycles. The molecule has 1 rings (SSSR count). The van der Waals surface area contributed by atoms with Crippen molar-refractivity contribution in [3.8, 4) is 0 Å². The Morgan fingerprint density at radius 2 is 1.80 bits per heavy atom. The van der Waals surface area contributed by atoms with E-state index in [0.29, 0.717) is 5.75 Å². The van der Waals surface area contributed by atoms with E-state index >= 15 is 0 Å². The van der Waals surface area contributed by atoms with E-state index in [-0.39, 0.29) is 18.1 Å². The predicted molar refractivity (Wildman–Crippen MR) is 64.9 cm³/mol. The zero-order chi connectivity index (χ0) is 11.1. The van der Waals surface area contributed by atoms with Crippen LogP contribution in [-0.4, -0.2) is 32.2 Å². The van der Waals surface area contributed by atoms with Gasteiger partial charge in [0, 0.05) is 17.2 Å². The molecule has 0 saturated carbocycles. The monoisotopic (exact) mass is 245 g/mol. The Morgan fingerprint density at radius 3 is 2.40 bits per heavy atom. The van der Waals surface area contributed by atoms with Gasteiger partial charge in [0.05, 0.1) is 11.5 Å². The molecule has 0 bridgehead atoms. The highest BCUT2D eigenvalue weighted by molar-refractivity contribution is 8.00. The van der Waals surface area contributed by atoms with Crippen LogP contribution >= 0.6 is 11.8 Å². The number of thioether (sulfide) groups is 1. The zero-order valence-corrected chi connectivity index (χ0v) is 10.1. The molecule has 2 N–H and O–H groups in total. The second-order valence-electron chi connectivity index (χ2n) is 3.10. The van der Waals surface area contributed by atoms with E-state index < -0.39 is 9.84 Å². The highest BCUT2D eigenvalue weighted by Crippen LogP contribution is 2.16. The van der Waals surface area contributed by atoms with Crippen molar-refractivity contribution < 1.29 is 8.42 Å². The van der Waals surface area contributed by atoms with E-state index in [9.17, 15) is 8.42 Å². The first-order valence-corrected chi connectivity index (χ1v) is 7.53. The largest absolute Gasteiger partial charge is 0.329 e. The van der Waals surface area contributed by atoms with Crippen LogP contribution in [-0.2, 0) is 9.84 Å². The van der Waals surface area contributed by atoms with Crippen molar-refractivity contribution in [3.63, 3.8) is 0 Å². The molecule has 0 aliphatic heterocycles. The van der Waals surface area contributed by atoms with E-state index in [4.69, 9.17) is 5.73 Å². The second-order valence-corrected chi connectivity index (χ2v) is 6.57. The van der Waals surface area contributed by atoms with Crippen LogP contribution in [0.5, 0.6) is 0 Å².